The topological polar surface area (TPSA) is 26.2 Å². The molecule has 0 saturated carbocycles. The summed E-state index contributed by atoms with van der Waals surface area (Å²) in [4.78, 5) is 0. The lowest BCUT2D eigenvalue weighted by atomic mass is 10.3. The smallest absolute Gasteiger partial charge is 0.121 e. The van der Waals surface area contributed by atoms with Crippen molar-refractivity contribution in [3.05, 3.63) is 24.0 Å². The molecule has 0 aliphatic heterocycles. The van der Waals surface area contributed by atoms with Crippen molar-refractivity contribution >= 4 is 0 Å². The van der Waals surface area contributed by atoms with E-state index in [0.717, 1.165) is 6.54 Å². The van der Waals surface area contributed by atoms with E-state index in [2.05, 4.69) is 17.6 Å². The monoisotopic (exact) mass is 154 g/mol. The first-order valence-electron chi connectivity index (χ1n) is 3.65. The van der Waals surface area contributed by atoms with Crippen molar-refractivity contribution in [1.82, 2.24) is 9.88 Å². The Balaban J connectivity index is 2.51. The number of rotatable bonds is 4. The number of hydrogen-bond acceptors (Lipinski definition) is 2. The van der Waals surface area contributed by atoms with Gasteiger partial charge in [-0.2, -0.15) is 0 Å². The van der Waals surface area contributed by atoms with Gasteiger partial charge in [0.25, 0.3) is 0 Å². The maximum atomic E-state index is 4.96. The van der Waals surface area contributed by atoms with Crippen LogP contribution < -0.4 is 5.32 Å². The minimum absolute atomic E-state index is 0.629. The number of aromatic nitrogens is 1. The summed E-state index contributed by atoms with van der Waals surface area (Å²) >= 11 is 0. The molecule has 0 atom stereocenters. The Bertz CT molecular complexity index is 187. The van der Waals surface area contributed by atoms with Gasteiger partial charge >= 0.3 is 0 Å². The van der Waals surface area contributed by atoms with Crippen LogP contribution in [0.3, 0.4) is 0 Å². The zero-order valence-corrected chi connectivity index (χ0v) is 7.00. The van der Waals surface area contributed by atoms with Gasteiger partial charge in [0.2, 0.25) is 0 Å². The molecule has 1 heterocycles. The van der Waals surface area contributed by atoms with Crippen LogP contribution in [0.25, 0.3) is 0 Å². The normalized spacial score (nSPS) is 10.4. The number of hydrogen-bond donors (Lipinski definition) is 1. The van der Waals surface area contributed by atoms with Crippen LogP contribution >= 0.6 is 0 Å². The van der Waals surface area contributed by atoms with E-state index in [-0.39, 0.29) is 0 Å². The van der Waals surface area contributed by atoms with E-state index in [0.29, 0.717) is 6.73 Å². The third-order valence-electron chi connectivity index (χ3n) is 1.47. The maximum absolute atomic E-state index is 4.96. The predicted octanol–water partition coefficient (Wildman–Crippen LogP) is 0.811. The first-order chi connectivity index (χ1) is 5.36. The van der Waals surface area contributed by atoms with Crippen LogP contribution in [0.4, 0.5) is 0 Å². The molecule has 3 heteroatoms. The molecule has 0 aromatic carbocycles. The van der Waals surface area contributed by atoms with Crippen molar-refractivity contribution in [1.29, 1.82) is 0 Å². The average Bonchev–Trinajstić information content (AvgIpc) is 2.38. The van der Waals surface area contributed by atoms with Crippen LogP contribution in [0.2, 0.25) is 0 Å². The van der Waals surface area contributed by atoms with Crippen molar-refractivity contribution in [3.63, 3.8) is 0 Å². The molecule has 0 bridgehead atoms. The highest BCUT2D eigenvalue weighted by Crippen LogP contribution is 1.99. The molecule has 1 rings (SSSR count). The molecule has 62 valence electrons. The average molecular weight is 154 g/mol. The fraction of sp³-hybridized carbons (Fsp3) is 0.500. The fourth-order valence-corrected chi connectivity index (χ4v) is 1.03. The Morgan fingerprint density at radius 2 is 2.45 bits per heavy atom. The molecule has 0 amide bonds. The minimum Gasteiger partial charge on any atom is -0.364 e. The van der Waals surface area contributed by atoms with Gasteiger partial charge in [-0.25, -0.2) is 0 Å². The second kappa shape index (κ2) is 4.16. The molecule has 0 spiro atoms. The Labute approximate surface area is 67.0 Å². The van der Waals surface area contributed by atoms with E-state index in [1.165, 1.54) is 5.56 Å². The molecule has 0 fully saturated rings. The number of nitrogens with zero attached hydrogens (tertiary/aromatic N) is 1. The van der Waals surface area contributed by atoms with Crippen LogP contribution in [-0.2, 0) is 18.0 Å². The SMILES string of the molecule is CNCc1ccn(COC)c1. The second-order valence-corrected chi connectivity index (χ2v) is 2.48. The molecule has 1 aromatic heterocycles. The van der Waals surface area contributed by atoms with Crippen molar-refractivity contribution in [2.24, 2.45) is 0 Å². The van der Waals surface area contributed by atoms with Crippen molar-refractivity contribution in [3.8, 4) is 0 Å². The zero-order chi connectivity index (χ0) is 8.10. The number of methoxy groups -OCH3 is 1. The lowest BCUT2D eigenvalue weighted by Gasteiger charge is -1.98. The Morgan fingerprint density at radius 3 is 3.09 bits per heavy atom. The molecule has 11 heavy (non-hydrogen) atoms. The van der Waals surface area contributed by atoms with Gasteiger partial charge in [-0.15, -0.1) is 0 Å². The molecule has 0 radical (unpaired) electrons. The molecule has 0 aliphatic carbocycles. The summed E-state index contributed by atoms with van der Waals surface area (Å²) < 4.78 is 6.97. The van der Waals surface area contributed by atoms with Gasteiger partial charge in [-0.3, -0.25) is 0 Å². The molecular weight excluding hydrogens is 140 g/mol. The van der Waals surface area contributed by atoms with Crippen LogP contribution in [0.1, 0.15) is 5.56 Å². The molecule has 0 saturated heterocycles. The number of nitrogens with one attached hydrogen (secondary N) is 1. The predicted molar refractivity (Wildman–Crippen MR) is 44.2 cm³/mol. The zero-order valence-electron chi connectivity index (χ0n) is 7.00. The first-order valence-corrected chi connectivity index (χ1v) is 3.65. The van der Waals surface area contributed by atoms with Gasteiger partial charge < -0.3 is 14.6 Å². The van der Waals surface area contributed by atoms with Crippen molar-refractivity contribution in [2.75, 3.05) is 14.2 Å². The molecular formula is C8H14N2O. The van der Waals surface area contributed by atoms with Crippen molar-refractivity contribution < 1.29 is 4.74 Å². The molecule has 0 unspecified atom stereocenters. The van der Waals surface area contributed by atoms with Gasteiger partial charge in [-0.05, 0) is 18.7 Å². The summed E-state index contributed by atoms with van der Waals surface area (Å²) in [5, 5.41) is 3.09. The Kier molecular flexibility index (Phi) is 3.14. The second-order valence-electron chi connectivity index (χ2n) is 2.48. The number of ether oxygens (including phenoxy) is 1. The summed E-state index contributed by atoms with van der Waals surface area (Å²) in [5.74, 6) is 0. The quantitative estimate of drug-likeness (QED) is 0.694. The lowest BCUT2D eigenvalue weighted by Crippen LogP contribution is -2.04. The highest BCUT2D eigenvalue weighted by Gasteiger charge is 1.93. The summed E-state index contributed by atoms with van der Waals surface area (Å²) in [6, 6.07) is 2.08. The van der Waals surface area contributed by atoms with Gasteiger partial charge in [0.1, 0.15) is 6.73 Å². The van der Waals surface area contributed by atoms with Crippen LogP contribution in [0.5, 0.6) is 0 Å². The van der Waals surface area contributed by atoms with Crippen LogP contribution in [-0.4, -0.2) is 18.7 Å². The Hall–Kier alpha value is -0.800. The molecule has 0 aliphatic rings. The van der Waals surface area contributed by atoms with Crippen LogP contribution in [0, 0.1) is 0 Å². The fourth-order valence-electron chi connectivity index (χ4n) is 1.03. The van der Waals surface area contributed by atoms with Gasteiger partial charge in [-0.1, -0.05) is 0 Å². The van der Waals surface area contributed by atoms with E-state index in [4.69, 9.17) is 4.74 Å². The van der Waals surface area contributed by atoms with Crippen molar-refractivity contribution in [2.45, 2.75) is 13.3 Å². The first kappa shape index (κ1) is 8.30. The summed E-state index contributed by atoms with van der Waals surface area (Å²) in [5.41, 5.74) is 1.28. The highest BCUT2D eigenvalue weighted by atomic mass is 16.5. The van der Waals surface area contributed by atoms with Gasteiger partial charge in [0.05, 0.1) is 0 Å². The van der Waals surface area contributed by atoms with Gasteiger partial charge in [0.15, 0.2) is 0 Å². The van der Waals surface area contributed by atoms with E-state index in [1.807, 2.05) is 17.8 Å². The minimum atomic E-state index is 0.629. The van der Waals surface area contributed by atoms with E-state index in [1.54, 1.807) is 7.11 Å². The van der Waals surface area contributed by atoms with E-state index >= 15 is 0 Å². The van der Waals surface area contributed by atoms with Crippen LogP contribution in [0.15, 0.2) is 18.5 Å². The highest BCUT2D eigenvalue weighted by molar-refractivity contribution is 5.09. The standard InChI is InChI=1S/C8H14N2O/c1-9-5-8-3-4-10(6-8)7-11-2/h3-4,6,9H,5,7H2,1-2H3. The summed E-state index contributed by atoms with van der Waals surface area (Å²) in [6.07, 6.45) is 4.08. The largest absolute Gasteiger partial charge is 0.364 e. The van der Waals surface area contributed by atoms with E-state index < -0.39 is 0 Å². The molecule has 1 N–H and O–H groups in total. The third-order valence-corrected chi connectivity index (χ3v) is 1.47. The third kappa shape index (κ3) is 2.37. The lowest BCUT2D eigenvalue weighted by molar-refractivity contribution is 0.131. The molecule has 3 nitrogen and oxygen atoms in total. The van der Waals surface area contributed by atoms with Gasteiger partial charge in [0, 0.05) is 26.0 Å². The van der Waals surface area contributed by atoms with E-state index in [9.17, 15) is 0 Å². The molecule has 1 aromatic rings. The summed E-state index contributed by atoms with van der Waals surface area (Å²) in [6.45, 7) is 1.54. The summed E-state index contributed by atoms with van der Waals surface area (Å²) in [7, 11) is 3.63. The Morgan fingerprint density at radius 1 is 1.64 bits per heavy atom. The maximum Gasteiger partial charge on any atom is 0.121 e.